The van der Waals surface area contributed by atoms with Crippen LogP contribution in [0, 0.1) is 34.8 Å². The van der Waals surface area contributed by atoms with Gasteiger partial charge in [0.05, 0.1) is 10.5 Å². The fraction of sp³-hybridized carbons (Fsp3) is 0.611. The smallest absolute Gasteiger partial charge is 0.338 e. The Bertz CT molecular complexity index is 597. The van der Waals surface area contributed by atoms with Gasteiger partial charge in [-0.05, 0) is 43.6 Å². The van der Waals surface area contributed by atoms with Crippen LogP contribution in [-0.2, 0) is 4.74 Å². The highest BCUT2D eigenvalue weighted by Crippen LogP contribution is 2.35. The van der Waals surface area contributed by atoms with Gasteiger partial charge in [0.15, 0.2) is 0 Å². The summed E-state index contributed by atoms with van der Waals surface area (Å²) in [5, 5.41) is 11.0. The summed E-state index contributed by atoms with van der Waals surface area (Å²) in [6.07, 6.45) is 2.98. The van der Waals surface area contributed by atoms with Crippen molar-refractivity contribution in [1.82, 2.24) is 0 Å². The van der Waals surface area contributed by atoms with E-state index in [1.165, 1.54) is 6.07 Å². The highest BCUT2D eigenvalue weighted by molar-refractivity contribution is 5.90. The lowest BCUT2D eigenvalue weighted by Gasteiger charge is -2.36. The number of nitro benzene ring substituents is 1. The van der Waals surface area contributed by atoms with Gasteiger partial charge >= 0.3 is 5.97 Å². The van der Waals surface area contributed by atoms with Gasteiger partial charge in [-0.2, -0.15) is 0 Å². The molecular weight excluding hydrogens is 294 g/mol. The molecule has 23 heavy (non-hydrogen) atoms. The molecule has 0 unspecified atom stereocenters. The standard InChI is InChI=1S/C18H25NO4/c1-11(2)15-8-5-12(3)9-17(15)23-18(20)14-7-6-13(4)16(10-14)19(21)22/h6-7,10-12,15,17H,5,8-9H2,1-4H3/t12-,15+,17-/m1/s1. The predicted octanol–water partition coefficient (Wildman–Crippen LogP) is 4.52. The molecule has 1 aromatic rings. The Morgan fingerprint density at radius 2 is 2.04 bits per heavy atom. The van der Waals surface area contributed by atoms with E-state index in [9.17, 15) is 14.9 Å². The van der Waals surface area contributed by atoms with Gasteiger partial charge in [0.1, 0.15) is 6.10 Å². The molecule has 1 aromatic carbocycles. The Kier molecular flexibility index (Phi) is 5.39. The normalized spacial score (nSPS) is 24.5. The van der Waals surface area contributed by atoms with E-state index in [2.05, 4.69) is 20.8 Å². The maximum absolute atomic E-state index is 12.4. The van der Waals surface area contributed by atoms with Crippen LogP contribution in [0.3, 0.4) is 0 Å². The Morgan fingerprint density at radius 1 is 1.35 bits per heavy atom. The molecule has 1 aliphatic rings. The summed E-state index contributed by atoms with van der Waals surface area (Å²) in [6, 6.07) is 4.51. The average molecular weight is 319 g/mol. The molecule has 1 aliphatic carbocycles. The second kappa shape index (κ2) is 7.11. The first-order valence-corrected chi connectivity index (χ1v) is 8.25. The SMILES string of the molecule is Cc1ccc(C(=O)O[C@@H]2C[C@H](C)CC[C@H]2C(C)C)cc1[N+](=O)[O-]. The molecule has 0 bridgehead atoms. The molecule has 0 saturated heterocycles. The second-order valence-corrected chi connectivity index (χ2v) is 7.03. The third kappa shape index (κ3) is 4.09. The van der Waals surface area contributed by atoms with Gasteiger partial charge in [-0.1, -0.05) is 33.3 Å². The molecule has 2 rings (SSSR count). The third-order valence-corrected chi connectivity index (χ3v) is 4.86. The number of carbonyl (C=O) groups excluding carboxylic acids is 1. The third-order valence-electron chi connectivity index (χ3n) is 4.86. The lowest BCUT2D eigenvalue weighted by atomic mass is 9.75. The lowest BCUT2D eigenvalue weighted by Crippen LogP contribution is -2.35. The fourth-order valence-corrected chi connectivity index (χ4v) is 3.39. The molecule has 126 valence electrons. The molecule has 0 amide bonds. The van der Waals surface area contributed by atoms with Crippen molar-refractivity contribution in [2.75, 3.05) is 0 Å². The van der Waals surface area contributed by atoms with E-state index >= 15 is 0 Å². The van der Waals surface area contributed by atoms with Crippen molar-refractivity contribution in [3.63, 3.8) is 0 Å². The zero-order valence-corrected chi connectivity index (χ0v) is 14.2. The van der Waals surface area contributed by atoms with Crippen LogP contribution in [0.25, 0.3) is 0 Å². The number of aryl methyl sites for hydroxylation is 1. The van der Waals surface area contributed by atoms with Crippen LogP contribution in [-0.4, -0.2) is 17.0 Å². The summed E-state index contributed by atoms with van der Waals surface area (Å²) < 4.78 is 5.73. The van der Waals surface area contributed by atoms with Gasteiger partial charge in [-0.25, -0.2) is 4.79 Å². The lowest BCUT2D eigenvalue weighted by molar-refractivity contribution is -0.385. The topological polar surface area (TPSA) is 69.4 Å². The molecule has 0 aliphatic heterocycles. The monoisotopic (exact) mass is 319 g/mol. The Morgan fingerprint density at radius 3 is 2.65 bits per heavy atom. The highest BCUT2D eigenvalue weighted by Gasteiger charge is 2.33. The predicted molar refractivity (Wildman–Crippen MR) is 88.4 cm³/mol. The molecule has 1 saturated carbocycles. The van der Waals surface area contributed by atoms with Crippen molar-refractivity contribution in [1.29, 1.82) is 0 Å². The molecule has 0 N–H and O–H groups in total. The van der Waals surface area contributed by atoms with Crippen LogP contribution in [0.1, 0.15) is 56.0 Å². The van der Waals surface area contributed by atoms with Crippen LogP contribution < -0.4 is 0 Å². The van der Waals surface area contributed by atoms with Crippen molar-refractivity contribution in [3.05, 3.63) is 39.4 Å². The first-order chi connectivity index (χ1) is 10.8. The summed E-state index contributed by atoms with van der Waals surface area (Å²) >= 11 is 0. The minimum atomic E-state index is -0.467. The van der Waals surface area contributed by atoms with Gasteiger partial charge in [-0.3, -0.25) is 10.1 Å². The molecule has 5 heteroatoms. The Hall–Kier alpha value is -1.91. The number of nitro groups is 1. The number of rotatable bonds is 4. The van der Waals surface area contributed by atoms with Crippen LogP contribution in [0.4, 0.5) is 5.69 Å². The Labute approximate surface area is 137 Å². The maximum atomic E-state index is 12.4. The van der Waals surface area contributed by atoms with Gasteiger partial charge in [-0.15, -0.1) is 0 Å². The maximum Gasteiger partial charge on any atom is 0.338 e. The van der Waals surface area contributed by atoms with Crippen molar-refractivity contribution < 1.29 is 14.5 Å². The molecule has 3 atom stereocenters. The molecule has 0 spiro atoms. The molecule has 0 radical (unpaired) electrons. The molecule has 5 nitrogen and oxygen atoms in total. The van der Waals surface area contributed by atoms with Crippen LogP contribution in [0.2, 0.25) is 0 Å². The van der Waals surface area contributed by atoms with Crippen LogP contribution in [0.5, 0.6) is 0 Å². The van der Waals surface area contributed by atoms with Gasteiger partial charge in [0, 0.05) is 11.6 Å². The first-order valence-electron chi connectivity index (χ1n) is 8.25. The zero-order chi connectivity index (χ0) is 17.1. The van der Waals surface area contributed by atoms with Crippen molar-refractivity contribution in [2.45, 2.75) is 53.1 Å². The largest absolute Gasteiger partial charge is 0.458 e. The number of hydrogen-bond donors (Lipinski definition) is 0. The summed E-state index contributed by atoms with van der Waals surface area (Å²) in [4.78, 5) is 23.0. The number of benzene rings is 1. The number of hydrogen-bond acceptors (Lipinski definition) is 4. The summed E-state index contributed by atoms with van der Waals surface area (Å²) in [5.41, 5.74) is 0.748. The quantitative estimate of drug-likeness (QED) is 0.465. The van der Waals surface area contributed by atoms with Crippen molar-refractivity contribution in [3.8, 4) is 0 Å². The van der Waals surface area contributed by atoms with Gasteiger partial charge in [0.25, 0.3) is 5.69 Å². The van der Waals surface area contributed by atoms with Crippen LogP contribution in [0.15, 0.2) is 18.2 Å². The van der Waals surface area contributed by atoms with Crippen LogP contribution >= 0.6 is 0 Å². The van der Waals surface area contributed by atoms with Crippen molar-refractivity contribution >= 4 is 11.7 Å². The van der Waals surface area contributed by atoms with E-state index < -0.39 is 10.9 Å². The Balaban J connectivity index is 2.17. The summed E-state index contributed by atoms with van der Waals surface area (Å²) in [6.45, 7) is 8.13. The summed E-state index contributed by atoms with van der Waals surface area (Å²) in [7, 11) is 0. The van der Waals surface area contributed by atoms with Gasteiger partial charge in [0.2, 0.25) is 0 Å². The van der Waals surface area contributed by atoms with Gasteiger partial charge < -0.3 is 4.74 Å². The molecule has 1 fully saturated rings. The fourth-order valence-electron chi connectivity index (χ4n) is 3.39. The van der Waals surface area contributed by atoms with Crippen molar-refractivity contribution in [2.24, 2.45) is 17.8 Å². The molecule has 0 aromatic heterocycles. The minimum Gasteiger partial charge on any atom is -0.458 e. The van der Waals surface area contributed by atoms with E-state index in [1.807, 2.05) is 0 Å². The van der Waals surface area contributed by atoms with E-state index in [1.54, 1.807) is 19.1 Å². The van der Waals surface area contributed by atoms with E-state index in [0.717, 1.165) is 19.3 Å². The van der Waals surface area contributed by atoms with E-state index in [-0.39, 0.29) is 17.4 Å². The number of ether oxygens (including phenoxy) is 1. The second-order valence-electron chi connectivity index (χ2n) is 7.03. The number of carbonyl (C=O) groups is 1. The molecular formula is C18H25NO4. The minimum absolute atomic E-state index is 0.0446. The molecule has 0 heterocycles. The average Bonchev–Trinajstić information content (AvgIpc) is 2.46. The number of nitrogens with zero attached hydrogens (tertiary/aromatic N) is 1. The number of esters is 1. The first kappa shape index (κ1) is 17.4. The van der Waals surface area contributed by atoms with E-state index in [0.29, 0.717) is 23.3 Å². The van der Waals surface area contributed by atoms with E-state index in [4.69, 9.17) is 4.74 Å². The summed E-state index contributed by atoms with van der Waals surface area (Å²) in [5.74, 6) is 0.885. The highest BCUT2D eigenvalue weighted by atomic mass is 16.6. The zero-order valence-electron chi connectivity index (χ0n) is 14.2.